The molecule has 0 atom stereocenters. The van der Waals surface area contributed by atoms with E-state index in [0.717, 1.165) is 20.7 Å². The van der Waals surface area contributed by atoms with Crippen LogP contribution >= 0.6 is 34.4 Å². The fourth-order valence-electron chi connectivity index (χ4n) is 1.94. The van der Waals surface area contributed by atoms with Crippen molar-refractivity contribution in [3.05, 3.63) is 46.4 Å². The van der Waals surface area contributed by atoms with Crippen molar-refractivity contribution in [2.45, 2.75) is 23.9 Å². The van der Waals surface area contributed by atoms with Gasteiger partial charge in [-0.05, 0) is 19.1 Å². The molecule has 0 N–H and O–H groups in total. The highest BCUT2D eigenvalue weighted by Crippen LogP contribution is 2.31. The molecule has 1 aromatic carbocycles. The molecule has 2 aromatic heterocycles. The number of carbonyl (C=O) groups excluding carboxylic acids is 1. The number of nitrogens with zero attached hydrogens (tertiary/aromatic N) is 4. The summed E-state index contributed by atoms with van der Waals surface area (Å²) in [6.07, 6.45) is 0. The zero-order valence-corrected chi connectivity index (χ0v) is 15.0. The fraction of sp³-hybridized carbons (Fsp3) is 0.200. The summed E-state index contributed by atoms with van der Waals surface area (Å²) in [6.45, 7) is 3.49. The van der Waals surface area contributed by atoms with E-state index >= 15 is 0 Å². The van der Waals surface area contributed by atoms with E-state index < -0.39 is 0 Å². The number of thioether (sulfide) groups is 1. The molecule has 0 bridgehead atoms. The van der Waals surface area contributed by atoms with E-state index in [9.17, 15) is 4.79 Å². The standard InChI is InChI=1S/C15H14N4OS3/c1-10-17-18-15(23-10)22-9-12-8-21-14(16-12)19(11(2)20)13-6-4-3-5-7-13/h3-8H,9H2,1-2H3. The van der Waals surface area contributed by atoms with Gasteiger partial charge in [-0.15, -0.1) is 21.5 Å². The molecule has 0 fully saturated rings. The summed E-state index contributed by atoms with van der Waals surface area (Å²) in [7, 11) is 0. The highest BCUT2D eigenvalue weighted by Gasteiger charge is 2.17. The van der Waals surface area contributed by atoms with Crippen molar-refractivity contribution < 1.29 is 4.79 Å². The summed E-state index contributed by atoms with van der Waals surface area (Å²) in [4.78, 5) is 18.2. The SMILES string of the molecule is CC(=O)N(c1ccccc1)c1nc(CSc2nnc(C)s2)cs1. The number of aryl methyl sites for hydroxylation is 1. The highest BCUT2D eigenvalue weighted by molar-refractivity contribution is 8.00. The Hall–Kier alpha value is -1.77. The molecule has 0 spiro atoms. The predicted molar refractivity (Wildman–Crippen MR) is 95.6 cm³/mol. The zero-order valence-electron chi connectivity index (χ0n) is 12.6. The maximum Gasteiger partial charge on any atom is 0.230 e. The zero-order chi connectivity index (χ0) is 16.2. The number of hydrogen-bond donors (Lipinski definition) is 0. The molecule has 8 heteroatoms. The van der Waals surface area contributed by atoms with Gasteiger partial charge < -0.3 is 0 Å². The van der Waals surface area contributed by atoms with Crippen molar-refractivity contribution in [1.29, 1.82) is 0 Å². The van der Waals surface area contributed by atoms with E-state index in [1.165, 1.54) is 11.3 Å². The normalized spacial score (nSPS) is 10.7. The van der Waals surface area contributed by atoms with Crippen LogP contribution in [0.25, 0.3) is 0 Å². The second-order valence-corrected chi connectivity index (χ2v) is 7.93. The molecular formula is C15H14N4OS3. The van der Waals surface area contributed by atoms with Crippen LogP contribution in [0, 0.1) is 6.92 Å². The van der Waals surface area contributed by atoms with Crippen LogP contribution in [-0.2, 0) is 10.5 Å². The average molecular weight is 363 g/mol. The van der Waals surface area contributed by atoms with Gasteiger partial charge in [0, 0.05) is 18.1 Å². The Balaban J connectivity index is 1.75. The van der Waals surface area contributed by atoms with Gasteiger partial charge in [-0.3, -0.25) is 9.69 Å². The van der Waals surface area contributed by atoms with Crippen LogP contribution in [-0.4, -0.2) is 21.1 Å². The second-order valence-electron chi connectivity index (χ2n) is 4.69. The van der Waals surface area contributed by atoms with Crippen molar-refractivity contribution >= 4 is 51.2 Å². The largest absolute Gasteiger partial charge is 0.274 e. The van der Waals surface area contributed by atoms with Gasteiger partial charge in [-0.2, -0.15) is 0 Å². The van der Waals surface area contributed by atoms with Crippen LogP contribution < -0.4 is 4.90 Å². The second kappa shape index (κ2) is 7.20. The lowest BCUT2D eigenvalue weighted by Gasteiger charge is -2.17. The lowest BCUT2D eigenvalue weighted by molar-refractivity contribution is -0.115. The first-order chi connectivity index (χ1) is 11.1. The molecular weight excluding hydrogens is 348 g/mol. The molecule has 0 radical (unpaired) electrons. The first-order valence-corrected chi connectivity index (χ1v) is 9.54. The van der Waals surface area contributed by atoms with E-state index in [1.54, 1.807) is 34.9 Å². The van der Waals surface area contributed by atoms with Crippen LogP contribution in [0.2, 0.25) is 0 Å². The molecule has 0 saturated heterocycles. The Morgan fingerprint density at radius 1 is 1.26 bits per heavy atom. The van der Waals surface area contributed by atoms with Gasteiger partial charge in [-0.1, -0.05) is 41.3 Å². The number of benzene rings is 1. The van der Waals surface area contributed by atoms with E-state index in [-0.39, 0.29) is 5.91 Å². The van der Waals surface area contributed by atoms with Gasteiger partial charge in [0.25, 0.3) is 0 Å². The van der Waals surface area contributed by atoms with Gasteiger partial charge in [0.2, 0.25) is 5.91 Å². The van der Waals surface area contributed by atoms with Crippen molar-refractivity contribution in [1.82, 2.24) is 15.2 Å². The Morgan fingerprint density at radius 3 is 2.70 bits per heavy atom. The smallest absolute Gasteiger partial charge is 0.230 e. The van der Waals surface area contributed by atoms with Crippen LogP contribution in [0.3, 0.4) is 0 Å². The molecule has 3 aromatic rings. The Labute approximate surface area is 146 Å². The third-order valence-corrected chi connectivity index (χ3v) is 5.79. The molecule has 23 heavy (non-hydrogen) atoms. The lowest BCUT2D eigenvalue weighted by atomic mass is 10.3. The molecule has 0 saturated carbocycles. The van der Waals surface area contributed by atoms with Gasteiger partial charge in [0.05, 0.1) is 11.4 Å². The number of rotatable bonds is 5. The van der Waals surface area contributed by atoms with Crippen molar-refractivity contribution in [3.63, 3.8) is 0 Å². The maximum atomic E-state index is 12.0. The third kappa shape index (κ3) is 3.95. The van der Waals surface area contributed by atoms with Crippen LogP contribution in [0.1, 0.15) is 17.6 Å². The van der Waals surface area contributed by atoms with Gasteiger partial charge in [0.15, 0.2) is 9.47 Å². The minimum absolute atomic E-state index is 0.0514. The quantitative estimate of drug-likeness (QED) is 0.634. The first-order valence-electron chi connectivity index (χ1n) is 6.86. The minimum Gasteiger partial charge on any atom is -0.274 e. The number of anilines is 2. The number of amides is 1. The van der Waals surface area contributed by atoms with Crippen LogP contribution in [0.5, 0.6) is 0 Å². The molecule has 0 unspecified atom stereocenters. The van der Waals surface area contributed by atoms with Gasteiger partial charge in [-0.25, -0.2) is 4.98 Å². The van der Waals surface area contributed by atoms with Crippen LogP contribution in [0.15, 0.2) is 40.1 Å². The summed E-state index contributed by atoms with van der Waals surface area (Å²) >= 11 is 4.65. The maximum absolute atomic E-state index is 12.0. The number of para-hydroxylation sites is 1. The topological polar surface area (TPSA) is 59.0 Å². The number of carbonyl (C=O) groups is 1. The molecule has 0 aliphatic carbocycles. The summed E-state index contributed by atoms with van der Waals surface area (Å²) in [6, 6.07) is 9.55. The molecule has 0 aliphatic heterocycles. The monoisotopic (exact) mass is 362 g/mol. The summed E-state index contributed by atoms with van der Waals surface area (Å²) in [5.41, 5.74) is 1.76. The van der Waals surface area contributed by atoms with Crippen molar-refractivity contribution in [2.24, 2.45) is 0 Å². The first kappa shape index (κ1) is 16.1. The van der Waals surface area contributed by atoms with E-state index in [1.807, 2.05) is 42.6 Å². The number of aromatic nitrogens is 3. The summed E-state index contributed by atoms with van der Waals surface area (Å²) in [5.74, 6) is 0.663. The van der Waals surface area contributed by atoms with E-state index in [4.69, 9.17) is 0 Å². The predicted octanol–water partition coefficient (Wildman–Crippen LogP) is 4.28. The van der Waals surface area contributed by atoms with Crippen molar-refractivity contribution in [3.8, 4) is 0 Å². The minimum atomic E-state index is -0.0514. The molecule has 3 rings (SSSR count). The van der Waals surface area contributed by atoms with E-state index in [0.29, 0.717) is 10.9 Å². The van der Waals surface area contributed by atoms with Crippen LogP contribution in [0.4, 0.5) is 10.8 Å². The van der Waals surface area contributed by atoms with Crippen molar-refractivity contribution in [2.75, 3.05) is 4.90 Å². The Kier molecular flexibility index (Phi) is 5.04. The Morgan fingerprint density at radius 2 is 2.04 bits per heavy atom. The third-order valence-electron chi connectivity index (χ3n) is 2.91. The highest BCUT2D eigenvalue weighted by atomic mass is 32.2. The Bertz CT molecular complexity index is 800. The molecule has 2 heterocycles. The molecule has 118 valence electrons. The summed E-state index contributed by atoms with van der Waals surface area (Å²) in [5, 5.41) is 11.7. The average Bonchev–Trinajstić information content (AvgIpc) is 3.15. The van der Waals surface area contributed by atoms with Gasteiger partial charge >= 0.3 is 0 Å². The molecule has 0 aliphatic rings. The van der Waals surface area contributed by atoms with E-state index in [2.05, 4.69) is 15.2 Å². The fourth-order valence-corrected chi connectivity index (χ4v) is 4.64. The molecule has 1 amide bonds. The number of thiazole rings is 1. The summed E-state index contributed by atoms with van der Waals surface area (Å²) < 4.78 is 0.934. The number of hydrogen-bond acceptors (Lipinski definition) is 7. The lowest BCUT2D eigenvalue weighted by Crippen LogP contribution is -2.22. The van der Waals surface area contributed by atoms with Gasteiger partial charge in [0.1, 0.15) is 5.01 Å². The molecule has 5 nitrogen and oxygen atoms in total.